The molecule has 1 aromatic carbocycles. The smallest absolute Gasteiger partial charge is 0.252 e. The van der Waals surface area contributed by atoms with Crippen molar-refractivity contribution < 1.29 is 19.1 Å². The van der Waals surface area contributed by atoms with Crippen molar-refractivity contribution in [1.82, 2.24) is 4.98 Å². The standard InChI is InChI=1S/C16H12FN3O4S2/c17-7-3-1-2-4-8(7)19-11(23)6-25-16-12(15(18)24)13-14(26-16)9(21)5-10(22)20-13/h1-5H,6H2,(H2,18,24)(H,19,23)(H2,20,21,22). The molecule has 10 heteroatoms. The van der Waals surface area contributed by atoms with Gasteiger partial charge in [0, 0.05) is 6.07 Å². The van der Waals surface area contributed by atoms with Crippen LogP contribution in [-0.4, -0.2) is 27.7 Å². The Kier molecular flexibility index (Phi) is 4.96. The zero-order valence-corrected chi connectivity index (χ0v) is 14.7. The average Bonchev–Trinajstić information content (AvgIpc) is 2.94. The van der Waals surface area contributed by atoms with E-state index < -0.39 is 23.2 Å². The Hall–Kier alpha value is -2.85. The number of anilines is 1. The van der Waals surface area contributed by atoms with Crippen LogP contribution in [0.3, 0.4) is 0 Å². The van der Waals surface area contributed by atoms with Gasteiger partial charge in [0.25, 0.3) is 11.5 Å². The number of pyridine rings is 1. The number of aromatic nitrogens is 1. The first-order valence-corrected chi connectivity index (χ1v) is 9.03. The Morgan fingerprint density at radius 2 is 2.08 bits per heavy atom. The molecule has 2 aromatic heterocycles. The number of thiophene rings is 1. The van der Waals surface area contributed by atoms with Crippen LogP contribution >= 0.6 is 23.1 Å². The molecule has 5 N–H and O–H groups in total. The van der Waals surface area contributed by atoms with Crippen LogP contribution in [0.15, 0.2) is 39.3 Å². The van der Waals surface area contributed by atoms with Gasteiger partial charge in [-0.15, -0.1) is 23.1 Å². The number of benzene rings is 1. The normalized spacial score (nSPS) is 10.8. The molecule has 2 heterocycles. The van der Waals surface area contributed by atoms with Crippen molar-refractivity contribution in [2.24, 2.45) is 5.73 Å². The number of para-hydroxylation sites is 1. The molecule has 0 unspecified atom stereocenters. The highest BCUT2D eigenvalue weighted by molar-refractivity contribution is 8.02. The van der Waals surface area contributed by atoms with Crippen molar-refractivity contribution in [3.05, 3.63) is 52.1 Å². The first-order valence-electron chi connectivity index (χ1n) is 7.22. The number of nitrogens with one attached hydrogen (secondary N) is 2. The topological polar surface area (TPSA) is 125 Å². The number of thioether (sulfide) groups is 1. The molecule has 0 aliphatic heterocycles. The molecule has 2 amide bonds. The molecule has 7 nitrogen and oxygen atoms in total. The maximum atomic E-state index is 13.6. The number of hydrogen-bond donors (Lipinski definition) is 4. The second kappa shape index (κ2) is 7.18. The second-order valence-electron chi connectivity index (χ2n) is 5.17. The molecule has 0 saturated heterocycles. The SMILES string of the molecule is NC(=O)c1c(SCC(=O)Nc2ccccc2F)sc2c(O)cc(=O)[nH]c12. The van der Waals surface area contributed by atoms with E-state index in [0.29, 0.717) is 4.21 Å². The number of rotatable bonds is 5. The number of amides is 2. The molecule has 3 rings (SSSR count). The molecule has 0 atom stereocenters. The molecule has 134 valence electrons. The quantitative estimate of drug-likeness (QED) is 0.495. The zero-order valence-electron chi connectivity index (χ0n) is 13.0. The number of nitrogens with two attached hydrogens (primary N) is 1. The molecule has 0 aliphatic rings. The lowest BCUT2D eigenvalue weighted by Crippen LogP contribution is -2.16. The molecule has 3 aromatic rings. The third kappa shape index (κ3) is 3.55. The fraction of sp³-hybridized carbons (Fsp3) is 0.0625. The molecular weight excluding hydrogens is 381 g/mol. The number of H-pyrrole nitrogens is 1. The second-order valence-corrected chi connectivity index (χ2v) is 7.43. The number of hydrogen-bond acceptors (Lipinski definition) is 6. The summed E-state index contributed by atoms with van der Waals surface area (Å²) in [6, 6.07) is 6.72. The molecule has 26 heavy (non-hydrogen) atoms. The summed E-state index contributed by atoms with van der Waals surface area (Å²) in [5, 5.41) is 12.3. The molecule has 0 spiro atoms. The van der Waals surface area contributed by atoms with Crippen LogP contribution < -0.4 is 16.6 Å². The fourth-order valence-electron chi connectivity index (χ4n) is 2.26. The monoisotopic (exact) mass is 393 g/mol. The third-order valence-electron chi connectivity index (χ3n) is 3.35. The van der Waals surface area contributed by atoms with Crippen LogP contribution in [0.4, 0.5) is 10.1 Å². The van der Waals surface area contributed by atoms with Gasteiger partial charge in [0.2, 0.25) is 5.91 Å². The van der Waals surface area contributed by atoms with Gasteiger partial charge in [-0.3, -0.25) is 14.4 Å². The number of aromatic amines is 1. The van der Waals surface area contributed by atoms with Crippen molar-refractivity contribution in [2.75, 3.05) is 11.1 Å². The van der Waals surface area contributed by atoms with Crippen molar-refractivity contribution in [1.29, 1.82) is 0 Å². The van der Waals surface area contributed by atoms with Crippen molar-refractivity contribution in [3.8, 4) is 5.75 Å². The summed E-state index contributed by atoms with van der Waals surface area (Å²) in [7, 11) is 0. The maximum Gasteiger partial charge on any atom is 0.252 e. The van der Waals surface area contributed by atoms with E-state index >= 15 is 0 Å². The molecule has 0 saturated carbocycles. The van der Waals surface area contributed by atoms with Gasteiger partial charge < -0.3 is 21.1 Å². The first-order chi connectivity index (χ1) is 12.4. The van der Waals surface area contributed by atoms with Gasteiger partial charge in [-0.2, -0.15) is 0 Å². The van der Waals surface area contributed by atoms with Crippen LogP contribution in [-0.2, 0) is 4.79 Å². The Morgan fingerprint density at radius 1 is 1.35 bits per heavy atom. The van der Waals surface area contributed by atoms with E-state index in [1.807, 2.05) is 0 Å². The zero-order chi connectivity index (χ0) is 18.8. The Labute approximate surface area is 154 Å². The minimum Gasteiger partial charge on any atom is -0.506 e. The van der Waals surface area contributed by atoms with E-state index in [-0.39, 0.29) is 33.0 Å². The van der Waals surface area contributed by atoms with E-state index in [4.69, 9.17) is 5.73 Å². The average molecular weight is 393 g/mol. The molecule has 0 fully saturated rings. The number of aromatic hydroxyl groups is 1. The number of carbonyl (C=O) groups excluding carboxylic acids is 2. The largest absolute Gasteiger partial charge is 0.506 e. The summed E-state index contributed by atoms with van der Waals surface area (Å²) in [6.07, 6.45) is 0. The summed E-state index contributed by atoms with van der Waals surface area (Å²) >= 11 is 2.03. The first kappa shape index (κ1) is 18.0. The van der Waals surface area contributed by atoms with Gasteiger partial charge in [0.05, 0.1) is 31.4 Å². The van der Waals surface area contributed by atoms with E-state index in [0.717, 1.165) is 29.2 Å². The lowest BCUT2D eigenvalue weighted by molar-refractivity contribution is -0.113. The minimum absolute atomic E-state index is 0.0293. The maximum absolute atomic E-state index is 13.6. The summed E-state index contributed by atoms with van der Waals surface area (Å²) in [4.78, 5) is 37.8. The summed E-state index contributed by atoms with van der Waals surface area (Å²) in [5.74, 6) is -2.24. The van der Waals surface area contributed by atoms with E-state index in [1.54, 1.807) is 6.07 Å². The van der Waals surface area contributed by atoms with Crippen molar-refractivity contribution >= 4 is 50.8 Å². The lowest BCUT2D eigenvalue weighted by Gasteiger charge is -2.05. The van der Waals surface area contributed by atoms with E-state index in [9.17, 15) is 23.9 Å². The van der Waals surface area contributed by atoms with Gasteiger partial charge in [-0.1, -0.05) is 12.1 Å². The van der Waals surface area contributed by atoms with Crippen LogP contribution in [0.1, 0.15) is 10.4 Å². The Balaban J connectivity index is 1.85. The van der Waals surface area contributed by atoms with Gasteiger partial charge in [-0.05, 0) is 12.1 Å². The van der Waals surface area contributed by atoms with Gasteiger partial charge >= 0.3 is 0 Å². The molecule has 0 radical (unpaired) electrons. The van der Waals surface area contributed by atoms with E-state index in [2.05, 4.69) is 10.3 Å². The number of fused-ring (bicyclic) bond motifs is 1. The predicted molar refractivity (Wildman–Crippen MR) is 98.4 cm³/mol. The Bertz CT molecular complexity index is 1080. The third-order valence-corrected chi connectivity index (χ3v) is 5.84. The Morgan fingerprint density at radius 3 is 2.77 bits per heavy atom. The van der Waals surface area contributed by atoms with Crippen LogP contribution in [0.5, 0.6) is 5.75 Å². The van der Waals surface area contributed by atoms with E-state index in [1.165, 1.54) is 18.2 Å². The fourth-order valence-corrected chi connectivity index (χ4v) is 4.52. The molecule has 0 aliphatic carbocycles. The lowest BCUT2D eigenvalue weighted by atomic mass is 10.2. The number of halogens is 1. The molecular formula is C16H12FN3O4S2. The minimum atomic E-state index is -0.797. The predicted octanol–water partition coefficient (Wildman–Crippen LogP) is 2.26. The highest BCUT2D eigenvalue weighted by Gasteiger charge is 2.21. The van der Waals surface area contributed by atoms with Crippen molar-refractivity contribution in [3.63, 3.8) is 0 Å². The summed E-state index contributed by atoms with van der Waals surface area (Å²) < 4.78 is 14.2. The van der Waals surface area contributed by atoms with Gasteiger partial charge in [0.15, 0.2) is 0 Å². The van der Waals surface area contributed by atoms with Gasteiger partial charge in [0.1, 0.15) is 11.6 Å². The highest BCUT2D eigenvalue weighted by atomic mass is 32.2. The van der Waals surface area contributed by atoms with Crippen LogP contribution in [0.25, 0.3) is 10.2 Å². The van der Waals surface area contributed by atoms with Crippen LogP contribution in [0.2, 0.25) is 0 Å². The van der Waals surface area contributed by atoms with Gasteiger partial charge in [-0.25, -0.2) is 4.39 Å². The molecule has 0 bridgehead atoms. The number of carbonyl (C=O) groups is 2. The summed E-state index contributed by atoms with van der Waals surface area (Å²) in [6.45, 7) is 0. The van der Waals surface area contributed by atoms with Crippen molar-refractivity contribution in [2.45, 2.75) is 4.21 Å². The highest BCUT2D eigenvalue weighted by Crippen LogP contribution is 2.40. The number of primary amides is 1. The van der Waals surface area contributed by atoms with Crippen LogP contribution in [0, 0.1) is 5.82 Å². The summed E-state index contributed by atoms with van der Waals surface area (Å²) in [5.41, 5.74) is 5.00.